The molecule has 0 spiro atoms. The Morgan fingerprint density at radius 1 is 1.42 bits per heavy atom. The van der Waals surface area contributed by atoms with Gasteiger partial charge in [-0.25, -0.2) is 0 Å². The van der Waals surface area contributed by atoms with Gasteiger partial charge in [-0.3, -0.25) is 4.79 Å². The number of carbonyl (C=O) groups is 1. The molecule has 2 aromatic rings. The molecule has 4 aliphatic rings. The molecule has 6 heteroatoms. The number of esters is 1. The molecule has 2 bridgehead atoms. The average molecular weight is 356 g/mol. The van der Waals surface area contributed by atoms with Crippen molar-refractivity contribution in [1.82, 2.24) is 9.88 Å². The minimum atomic E-state index is -1.02. The number of carbonyl (C=O) groups excluding carboxylic acids is 1. The lowest BCUT2D eigenvalue weighted by atomic mass is 9.54. The Balaban J connectivity index is 1.87. The Bertz CT molecular complexity index is 893. The van der Waals surface area contributed by atoms with Gasteiger partial charge in [-0.2, -0.15) is 0 Å². The molecule has 4 heterocycles. The number of fused-ring (bicyclic) bond motifs is 3. The molecular formula is C20H24N2O4. The molecule has 1 aliphatic carbocycles. The SMILES string of the molecule is COC(=O)[C@]12COC[C@H](c3c1[nH]c1ccccc31)[C@]1(O)CN(C)CC[C@@H]12. The quantitative estimate of drug-likeness (QED) is 0.756. The first-order chi connectivity index (χ1) is 12.5. The number of rotatable bonds is 1. The van der Waals surface area contributed by atoms with Crippen molar-refractivity contribution in [3.05, 3.63) is 35.5 Å². The van der Waals surface area contributed by atoms with Crippen molar-refractivity contribution in [2.75, 3.05) is 40.5 Å². The zero-order chi connectivity index (χ0) is 18.1. The van der Waals surface area contributed by atoms with Crippen molar-refractivity contribution in [2.24, 2.45) is 5.92 Å². The number of hydrogen-bond acceptors (Lipinski definition) is 5. The third-order valence-corrected chi connectivity index (χ3v) is 6.83. The summed E-state index contributed by atoms with van der Waals surface area (Å²) in [5, 5.41) is 13.0. The number of H-pyrrole nitrogens is 1. The summed E-state index contributed by atoms with van der Waals surface area (Å²) in [7, 11) is 3.44. The van der Waals surface area contributed by atoms with Gasteiger partial charge in [-0.05, 0) is 31.6 Å². The van der Waals surface area contributed by atoms with Gasteiger partial charge in [0.1, 0.15) is 5.41 Å². The van der Waals surface area contributed by atoms with Crippen molar-refractivity contribution < 1.29 is 19.4 Å². The number of para-hydroxylation sites is 1. The standard InChI is InChI=1S/C20H24N2O4/c1-22-8-7-15-19(18(23)25-2)11-26-9-13(20(15,24)10-22)16-12-5-3-4-6-14(12)21-17(16)19/h3-6,13,15,21,24H,7-11H2,1-2H3/t13-,15-,19+,20-/m1/s1. The Hall–Kier alpha value is -1.89. The van der Waals surface area contributed by atoms with Gasteiger partial charge in [0.15, 0.2) is 0 Å². The number of hydrogen-bond donors (Lipinski definition) is 2. The molecule has 0 amide bonds. The Kier molecular flexibility index (Phi) is 3.33. The zero-order valence-electron chi connectivity index (χ0n) is 15.1. The fraction of sp³-hybridized carbons (Fsp3) is 0.550. The molecule has 0 unspecified atom stereocenters. The average Bonchev–Trinajstić information content (AvgIpc) is 2.86. The lowest BCUT2D eigenvalue weighted by Crippen LogP contribution is -2.66. The van der Waals surface area contributed by atoms with E-state index in [0.29, 0.717) is 13.2 Å². The molecule has 0 radical (unpaired) electrons. The van der Waals surface area contributed by atoms with Gasteiger partial charge in [0.05, 0.1) is 25.9 Å². The summed E-state index contributed by atoms with van der Waals surface area (Å²) < 4.78 is 11.3. The van der Waals surface area contributed by atoms with E-state index in [-0.39, 0.29) is 24.4 Å². The van der Waals surface area contributed by atoms with Crippen molar-refractivity contribution in [1.29, 1.82) is 0 Å². The lowest BCUT2D eigenvalue weighted by Gasteiger charge is -2.55. The highest BCUT2D eigenvalue weighted by atomic mass is 16.5. The van der Waals surface area contributed by atoms with E-state index in [4.69, 9.17) is 9.47 Å². The van der Waals surface area contributed by atoms with Crippen LogP contribution in [0.25, 0.3) is 10.9 Å². The maximum Gasteiger partial charge on any atom is 0.320 e. The van der Waals surface area contributed by atoms with Crippen LogP contribution < -0.4 is 0 Å². The monoisotopic (exact) mass is 356 g/mol. The maximum absolute atomic E-state index is 13.2. The van der Waals surface area contributed by atoms with E-state index in [0.717, 1.165) is 35.1 Å². The molecule has 6 rings (SSSR count). The maximum atomic E-state index is 13.2. The topological polar surface area (TPSA) is 74.8 Å². The number of aliphatic hydroxyl groups is 1. The fourth-order valence-electron chi connectivity index (χ4n) is 5.77. The molecule has 0 saturated carbocycles. The molecule has 4 atom stereocenters. The van der Waals surface area contributed by atoms with Gasteiger partial charge in [-0.1, -0.05) is 18.2 Å². The molecule has 2 saturated heterocycles. The first-order valence-electron chi connectivity index (χ1n) is 9.20. The molecular weight excluding hydrogens is 332 g/mol. The first-order valence-corrected chi connectivity index (χ1v) is 9.20. The normalized spacial score (nSPS) is 36.4. The second-order valence-corrected chi connectivity index (χ2v) is 8.06. The minimum Gasteiger partial charge on any atom is -0.468 e. The number of methoxy groups -OCH3 is 1. The van der Waals surface area contributed by atoms with Crippen LogP contribution in [0.2, 0.25) is 0 Å². The highest BCUT2D eigenvalue weighted by Gasteiger charge is 2.67. The van der Waals surface area contributed by atoms with Crippen LogP contribution in [0, 0.1) is 5.92 Å². The molecule has 3 aliphatic heterocycles. The second-order valence-electron chi connectivity index (χ2n) is 8.06. The molecule has 138 valence electrons. The summed E-state index contributed by atoms with van der Waals surface area (Å²) in [5.74, 6) is -0.716. The summed E-state index contributed by atoms with van der Waals surface area (Å²) in [6.07, 6.45) is 0.733. The smallest absolute Gasteiger partial charge is 0.320 e. The van der Waals surface area contributed by atoms with E-state index >= 15 is 0 Å². The van der Waals surface area contributed by atoms with Gasteiger partial charge in [0, 0.05) is 35.0 Å². The number of aromatic nitrogens is 1. The van der Waals surface area contributed by atoms with Crippen LogP contribution >= 0.6 is 0 Å². The number of aromatic amines is 1. The zero-order valence-corrected chi connectivity index (χ0v) is 15.1. The highest BCUT2D eigenvalue weighted by molar-refractivity contribution is 5.92. The van der Waals surface area contributed by atoms with Gasteiger partial charge in [0.2, 0.25) is 0 Å². The predicted octanol–water partition coefficient (Wildman–Crippen LogP) is 1.39. The van der Waals surface area contributed by atoms with Crippen molar-refractivity contribution >= 4 is 16.9 Å². The number of ether oxygens (including phenoxy) is 2. The van der Waals surface area contributed by atoms with E-state index in [1.165, 1.54) is 7.11 Å². The number of likely N-dealkylation sites (tertiary alicyclic amines) is 1. The number of β-amino-alcohol motifs (C(OH)–C–C–N with tert-alkyl or cyclic N) is 1. The number of piperidine rings is 1. The first kappa shape index (κ1) is 16.3. The number of nitrogens with one attached hydrogen (secondary N) is 1. The van der Waals surface area contributed by atoms with E-state index < -0.39 is 11.0 Å². The van der Waals surface area contributed by atoms with Crippen molar-refractivity contribution in [3.63, 3.8) is 0 Å². The van der Waals surface area contributed by atoms with Crippen LogP contribution in [0.3, 0.4) is 0 Å². The summed E-state index contributed by atoms with van der Waals surface area (Å²) >= 11 is 0. The molecule has 1 aromatic carbocycles. The molecule has 2 fully saturated rings. The van der Waals surface area contributed by atoms with Crippen molar-refractivity contribution in [3.8, 4) is 0 Å². The fourth-order valence-corrected chi connectivity index (χ4v) is 5.77. The summed E-state index contributed by atoms with van der Waals surface area (Å²) in [6.45, 7) is 2.03. The second kappa shape index (κ2) is 5.31. The number of nitrogens with zero attached hydrogens (tertiary/aromatic N) is 1. The number of benzene rings is 1. The van der Waals surface area contributed by atoms with Gasteiger partial charge >= 0.3 is 5.97 Å². The van der Waals surface area contributed by atoms with E-state index in [1.54, 1.807) is 0 Å². The summed E-state index contributed by atoms with van der Waals surface area (Å²) in [5.41, 5.74) is 0.889. The van der Waals surface area contributed by atoms with E-state index in [2.05, 4.69) is 16.0 Å². The lowest BCUT2D eigenvalue weighted by molar-refractivity contribution is -0.166. The summed E-state index contributed by atoms with van der Waals surface area (Å²) in [6, 6.07) is 8.06. The summed E-state index contributed by atoms with van der Waals surface area (Å²) in [4.78, 5) is 18.8. The largest absolute Gasteiger partial charge is 0.468 e. The van der Waals surface area contributed by atoms with Crippen LogP contribution in [0.4, 0.5) is 0 Å². The Labute approximate surface area is 152 Å². The van der Waals surface area contributed by atoms with Gasteiger partial charge in [-0.15, -0.1) is 0 Å². The van der Waals surface area contributed by atoms with Crippen LogP contribution in [0.1, 0.15) is 23.6 Å². The molecule has 1 aromatic heterocycles. The molecule has 2 N–H and O–H groups in total. The Morgan fingerprint density at radius 2 is 2.23 bits per heavy atom. The van der Waals surface area contributed by atoms with Crippen molar-refractivity contribution in [2.45, 2.75) is 23.4 Å². The number of likely N-dealkylation sites (N-methyl/N-ethyl adjacent to an activating group) is 1. The molecule has 6 nitrogen and oxygen atoms in total. The molecule has 26 heavy (non-hydrogen) atoms. The van der Waals surface area contributed by atoms with Crippen LogP contribution in [0.5, 0.6) is 0 Å². The third kappa shape index (κ3) is 1.79. The van der Waals surface area contributed by atoms with E-state index in [1.807, 2.05) is 25.2 Å². The van der Waals surface area contributed by atoms with Crippen LogP contribution in [0.15, 0.2) is 24.3 Å². The van der Waals surface area contributed by atoms with Gasteiger partial charge in [0.25, 0.3) is 0 Å². The predicted molar refractivity (Wildman–Crippen MR) is 96.1 cm³/mol. The minimum absolute atomic E-state index is 0.165. The van der Waals surface area contributed by atoms with E-state index in [9.17, 15) is 9.90 Å². The third-order valence-electron chi connectivity index (χ3n) is 6.83. The van der Waals surface area contributed by atoms with Crippen LogP contribution in [-0.4, -0.2) is 67.0 Å². The van der Waals surface area contributed by atoms with Crippen LogP contribution in [-0.2, 0) is 19.7 Å². The highest BCUT2D eigenvalue weighted by Crippen LogP contribution is 2.58. The van der Waals surface area contributed by atoms with Gasteiger partial charge < -0.3 is 24.5 Å². The Morgan fingerprint density at radius 3 is 3.04 bits per heavy atom.